The molecule has 6 aromatic heterocycles. The number of thiophene rings is 1. The molecule has 0 spiro atoms. The largest absolute Gasteiger partial charge is 0.611 e. The molecule has 0 aliphatic rings. The van der Waals surface area contributed by atoms with E-state index >= 15 is 0 Å². The number of methoxy groups -OCH3 is 1. The van der Waals surface area contributed by atoms with Gasteiger partial charge in [0.1, 0.15) is 16.1 Å². The van der Waals surface area contributed by atoms with E-state index in [-0.39, 0.29) is 0 Å². The van der Waals surface area contributed by atoms with Crippen molar-refractivity contribution in [3.63, 3.8) is 0 Å². The normalized spacial score (nSPS) is 13.3. The van der Waals surface area contributed by atoms with E-state index in [4.69, 9.17) is 9.72 Å². The number of fused-ring (bicyclic) bond motifs is 3. The molecule has 0 unspecified atom stereocenters. The molecule has 1 atom stereocenters. The predicted molar refractivity (Wildman–Crippen MR) is 121 cm³/mol. The number of aromatic nitrogens is 7. The van der Waals surface area contributed by atoms with E-state index in [0.717, 1.165) is 47.5 Å². The summed E-state index contributed by atoms with van der Waals surface area (Å²) in [6.45, 7) is 0.426. The highest BCUT2D eigenvalue weighted by molar-refractivity contribution is 7.93. The zero-order valence-electron chi connectivity index (χ0n) is 16.7. The molecule has 0 aromatic carbocycles. The van der Waals surface area contributed by atoms with Crippen LogP contribution in [0.4, 0.5) is 0 Å². The summed E-state index contributed by atoms with van der Waals surface area (Å²) in [7, 11) is 3.49. The van der Waals surface area contributed by atoms with Crippen molar-refractivity contribution in [2.24, 2.45) is 7.05 Å². The van der Waals surface area contributed by atoms with Gasteiger partial charge in [0.15, 0.2) is 5.65 Å². The van der Waals surface area contributed by atoms with Gasteiger partial charge in [0.2, 0.25) is 4.21 Å². The molecule has 0 fully saturated rings. The second-order valence-electron chi connectivity index (χ2n) is 7.22. The van der Waals surface area contributed by atoms with E-state index in [1.54, 1.807) is 28.8 Å². The average Bonchev–Trinajstić information content (AvgIpc) is 3.48. The molecule has 9 nitrogen and oxygen atoms in total. The van der Waals surface area contributed by atoms with Crippen molar-refractivity contribution >= 4 is 60.2 Å². The average molecular weight is 452 g/mol. The second kappa shape index (κ2) is 7.02. The van der Waals surface area contributed by atoms with E-state index in [9.17, 15) is 4.55 Å². The Balaban J connectivity index is 1.62. The van der Waals surface area contributed by atoms with Crippen molar-refractivity contribution in [1.29, 1.82) is 0 Å². The van der Waals surface area contributed by atoms with Gasteiger partial charge in [-0.3, -0.25) is 9.78 Å². The molecule has 0 radical (unpaired) electrons. The number of nitrogens with one attached hydrogen (secondary N) is 1. The Bertz CT molecular complexity index is 1580. The summed E-state index contributed by atoms with van der Waals surface area (Å²) in [5.74, 6) is 0.424. The van der Waals surface area contributed by atoms with Gasteiger partial charge in [0.05, 0.1) is 29.4 Å². The molecule has 6 heterocycles. The molecular formula is C20H17N7O2S2. The van der Waals surface area contributed by atoms with Crippen LogP contribution < -0.4 is 0 Å². The zero-order valence-corrected chi connectivity index (χ0v) is 18.3. The standard InChI is InChI=1S/C20H17N7O2S2/c1-26-10-12-7-11(9-21-18(12)25-26)14-8-13-15-3-4-22-27(15)24-17-16(13)19(23-14)30-20(17)31(28)6-5-29-2/h3-4,7-10,24H,5-6H2,1-2H3/t31-/m0/s1. The van der Waals surface area contributed by atoms with Crippen LogP contribution in [0.25, 0.3) is 48.9 Å². The number of rotatable bonds is 5. The van der Waals surface area contributed by atoms with Crippen molar-refractivity contribution < 1.29 is 9.29 Å². The monoisotopic (exact) mass is 451 g/mol. The summed E-state index contributed by atoms with van der Waals surface area (Å²) in [4.78, 5) is 10.2. The van der Waals surface area contributed by atoms with Crippen LogP contribution in [-0.4, -0.2) is 58.6 Å². The summed E-state index contributed by atoms with van der Waals surface area (Å²) in [6, 6.07) is 6.05. The number of nitrogens with zero attached hydrogens (tertiary/aromatic N) is 6. The highest BCUT2D eigenvalue weighted by Gasteiger charge is 2.25. The molecule has 0 amide bonds. The number of aryl methyl sites for hydroxylation is 1. The maximum Gasteiger partial charge on any atom is 0.234 e. The maximum atomic E-state index is 13.0. The summed E-state index contributed by atoms with van der Waals surface area (Å²) in [5, 5.41) is 14.9. The lowest BCUT2D eigenvalue weighted by molar-refractivity contribution is 0.217. The molecule has 156 valence electrons. The first-order valence-corrected chi connectivity index (χ1v) is 11.7. The van der Waals surface area contributed by atoms with E-state index < -0.39 is 11.2 Å². The first-order valence-electron chi connectivity index (χ1n) is 9.58. The van der Waals surface area contributed by atoms with E-state index in [2.05, 4.69) is 20.3 Å². The number of hydrogen-bond donors (Lipinski definition) is 1. The van der Waals surface area contributed by atoms with Gasteiger partial charge in [-0.15, -0.1) is 0 Å². The summed E-state index contributed by atoms with van der Waals surface area (Å²) in [6.07, 6.45) is 5.48. The lowest BCUT2D eigenvalue weighted by Gasteiger charge is -2.09. The molecule has 0 aliphatic heterocycles. The number of pyridine rings is 2. The molecule has 1 N–H and O–H groups in total. The summed E-state index contributed by atoms with van der Waals surface area (Å²) < 4.78 is 22.3. The Hall–Kier alpha value is -2.99. The Kier molecular flexibility index (Phi) is 4.25. The van der Waals surface area contributed by atoms with Crippen LogP contribution >= 0.6 is 11.3 Å². The fourth-order valence-electron chi connectivity index (χ4n) is 3.82. The van der Waals surface area contributed by atoms with E-state index in [0.29, 0.717) is 18.0 Å². The van der Waals surface area contributed by atoms with E-state index in [1.807, 2.05) is 31.4 Å². The number of ether oxygens (including phenoxy) is 1. The third-order valence-electron chi connectivity index (χ3n) is 5.22. The second-order valence-corrected chi connectivity index (χ2v) is 9.99. The third-order valence-corrected chi connectivity index (χ3v) is 8.06. The molecule has 0 saturated heterocycles. The quantitative estimate of drug-likeness (QED) is 0.403. The SMILES string of the molecule is COCC[S@+]([O-])c1sc2nc(-c3cnc4nn(C)cc4c3)cc3c2c1[nH]n1nccc31. The van der Waals surface area contributed by atoms with Gasteiger partial charge >= 0.3 is 0 Å². The van der Waals surface area contributed by atoms with Gasteiger partial charge in [-0.1, -0.05) is 11.3 Å². The molecule has 11 heteroatoms. The highest BCUT2D eigenvalue weighted by Crippen LogP contribution is 2.40. The minimum absolute atomic E-state index is 0.424. The van der Waals surface area contributed by atoms with Gasteiger partial charge < -0.3 is 9.29 Å². The minimum atomic E-state index is -1.21. The maximum absolute atomic E-state index is 13.0. The summed E-state index contributed by atoms with van der Waals surface area (Å²) in [5.41, 5.74) is 4.15. The first-order chi connectivity index (χ1) is 15.1. The van der Waals surface area contributed by atoms with Gasteiger partial charge in [-0.05, 0) is 18.2 Å². The molecule has 0 bridgehead atoms. The van der Waals surface area contributed by atoms with Crippen molar-refractivity contribution in [3.8, 4) is 11.3 Å². The van der Waals surface area contributed by atoms with Crippen LogP contribution in [0.2, 0.25) is 0 Å². The molecule has 0 aliphatic carbocycles. The van der Waals surface area contributed by atoms with Gasteiger partial charge in [0, 0.05) is 54.1 Å². The molecule has 31 heavy (non-hydrogen) atoms. The number of aromatic amines is 1. The minimum Gasteiger partial charge on any atom is -0.611 e. The Morgan fingerprint density at radius 1 is 1.32 bits per heavy atom. The Morgan fingerprint density at radius 2 is 2.23 bits per heavy atom. The van der Waals surface area contributed by atoms with Gasteiger partial charge in [-0.25, -0.2) is 9.97 Å². The fraction of sp³-hybridized carbons (Fsp3) is 0.200. The van der Waals surface area contributed by atoms with Crippen LogP contribution in [0.3, 0.4) is 0 Å². The molecule has 6 aromatic rings. The zero-order chi connectivity index (χ0) is 21.1. The smallest absolute Gasteiger partial charge is 0.234 e. The van der Waals surface area contributed by atoms with Crippen molar-refractivity contribution in [1.82, 2.24) is 34.6 Å². The molecule has 0 saturated carbocycles. The lowest BCUT2D eigenvalue weighted by atomic mass is 10.1. The first kappa shape index (κ1) is 18.8. The van der Waals surface area contributed by atoms with Crippen molar-refractivity contribution in [2.75, 3.05) is 19.5 Å². The topological polar surface area (TPSA) is 109 Å². The summed E-state index contributed by atoms with van der Waals surface area (Å²) >= 11 is 0.238. The Labute approximate surface area is 182 Å². The van der Waals surface area contributed by atoms with Crippen LogP contribution in [0.1, 0.15) is 0 Å². The fourth-order valence-corrected chi connectivity index (χ4v) is 6.44. The van der Waals surface area contributed by atoms with Crippen molar-refractivity contribution in [2.45, 2.75) is 4.21 Å². The van der Waals surface area contributed by atoms with Crippen LogP contribution in [0.15, 0.2) is 41.0 Å². The highest BCUT2D eigenvalue weighted by atomic mass is 32.2. The van der Waals surface area contributed by atoms with Gasteiger partial charge in [-0.2, -0.15) is 14.8 Å². The third kappa shape index (κ3) is 2.92. The van der Waals surface area contributed by atoms with E-state index in [1.165, 1.54) is 11.3 Å². The van der Waals surface area contributed by atoms with Crippen LogP contribution in [0.5, 0.6) is 0 Å². The number of hydrogen-bond acceptors (Lipinski definition) is 7. The van der Waals surface area contributed by atoms with Gasteiger partial charge in [0.25, 0.3) is 0 Å². The predicted octanol–water partition coefficient (Wildman–Crippen LogP) is 3.13. The van der Waals surface area contributed by atoms with Crippen molar-refractivity contribution in [3.05, 3.63) is 36.8 Å². The lowest BCUT2D eigenvalue weighted by Crippen LogP contribution is -2.11. The molecular weight excluding hydrogens is 434 g/mol. The Morgan fingerprint density at radius 3 is 3.10 bits per heavy atom. The van der Waals surface area contributed by atoms with Crippen LogP contribution in [-0.2, 0) is 23.0 Å². The number of H-pyrrole nitrogens is 1. The van der Waals surface area contributed by atoms with Crippen LogP contribution in [0, 0.1) is 0 Å². The molecule has 6 rings (SSSR count).